The Hall–Kier alpha value is -0.240. The molecule has 0 saturated carbocycles. The number of halogens is 2. The Morgan fingerprint density at radius 1 is 1.12 bits per heavy atom. The standard InChI is InChI=1S/C14H20Cl2O/c1-9(2)6-10(3)7-14(17)12-8-11(15)4-5-13(12)16/h4-5,8-10,14,17H,6-7H2,1-3H3. The van der Waals surface area contributed by atoms with Crippen LogP contribution in [0.3, 0.4) is 0 Å². The van der Waals surface area contributed by atoms with E-state index >= 15 is 0 Å². The van der Waals surface area contributed by atoms with E-state index in [-0.39, 0.29) is 0 Å². The van der Waals surface area contributed by atoms with E-state index in [9.17, 15) is 5.11 Å². The number of hydrogen-bond donors (Lipinski definition) is 1. The van der Waals surface area contributed by atoms with Gasteiger partial charge in [-0.1, -0.05) is 44.0 Å². The van der Waals surface area contributed by atoms with E-state index in [4.69, 9.17) is 23.2 Å². The van der Waals surface area contributed by atoms with Gasteiger partial charge >= 0.3 is 0 Å². The zero-order valence-corrected chi connectivity index (χ0v) is 12.1. The number of aliphatic hydroxyl groups excluding tert-OH is 1. The third kappa shape index (κ3) is 4.87. The number of aliphatic hydroxyl groups is 1. The van der Waals surface area contributed by atoms with Gasteiger partial charge in [-0.3, -0.25) is 0 Å². The highest BCUT2D eigenvalue weighted by molar-refractivity contribution is 6.33. The maximum atomic E-state index is 10.2. The molecule has 0 spiro atoms. The van der Waals surface area contributed by atoms with Crippen molar-refractivity contribution in [3.05, 3.63) is 33.8 Å². The Morgan fingerprint density at radius 3 is 2.35 bits per heavy atom. The summed E-state index contributed by atoms with van der Waals surface area (Å²) in [5.41, 5.74) is 0.731. The van der Waals surface area contributed by atoms with Crippen LogP contribution >= 0.6 is 23.2 Å². The molecule has 0 amide bonds. The van der Waals surface area contributed by atoms with Gasteiger partial charge in [-0.2, -0.15) is 0 Å². The minimum absolute atomic E-state index is 0.472. The van der Waals surface area contributed by atoms with Crippen LogP contribution in [0.5, 0.6) is 0 Å². The van der Waals surface area contributed by atoms with Crippen LogP contribution < -0.4 is 0 Å². The van der Waals surface area contributed by atoms with E-state index in [0.29, 0.717) is 21.9 Å². The molecule has 0 radical (unpaired) electrons. The largest absolute Gasteiger partial charge is 0.388 e. The normalized spacial score (nSPS) is 15.0. The first-order valence-corrected chi connectivity index (χ1v) is 6.78. The second kappa shape index (κ2) is 6.63. The summed E-state index contributed by atoms with van der Waals surface area (Å²) < 4.78 is 0. The lowest BCUT2D eigenvalue weighted by Crippen LogP contribution is -2.07. The molecule has 0 aromatic heterocycles. The van der Waals surface area contributed by atoms with E-state index in [1.54, 1.807) is 18.2 Å². The topological polar surface area (TPSA) is 20.2 Å². The van der Waals surface area contributed by atoms with Gasteiger partial charge in [-0.25, -0.2) is 0 Å². The van der Waals surface area contributed by atoms with Crippen LogP contribution in [0.1, 0.15) is 45.3 Å². The van der Waals surface area contributed by atoms with Gasteiger partial charge in [0, 0.05) is 15.6 Å². The first-order chi connectivity index (χ1) is 7.90. The molecule has 1 rings (SSSR count). The molecule has 0 bridgehead atoms. The van der Waals surface area contributed by atoms with Crippen LogP contribution in [0.15, 0.2) is 18.2 Å². The van der Waals surface area contributed by atoms with Crippen LogP contribution in [-0.4, -0.2) is 5.11 Å². The summed E-state index contributed by atoms with van der Waals surface area (Å²) >= 11 is 12.0. The van der Waals surface area contributed by atoms with E-state index in [2.05, 4.69) is 20.8 Å². The molecule has 1 N–H and O–H groups in total. The quantitative estimate of drug-likeness (QED) is 0.792. The molecule has 0 fully saturated rings. The molecule has 0 aliphatic heterocycles. The average Bonchev–Trinajstić information content (AvgIpc) is 2.20. The van der Waals surface area contributed by atoms with Crippen molar-refractivity contribution in [3.8, 4) is 0 Å². The molecule has 96 valence electrons. The fourth-order valence-corrected chi connectivity index (χ4v) is 2.60. The summed E-state index contributed by atoms with van der Waals surface area (Å²) in [7, 11) is 0. The van der Waals surface area contributed by atoms with Crippen LogP contribution in [0.2, 0.25) is 10.0 Å². The molecule has 17 heavy (non-hydrogen) atoms. The Bertz CT molecular complexity index is 363. The van der Waals surface area contributed by atoms with Crippen LogP contribution in [0.4, 0.5) is 0 Å². The predicted octanol–water partition coefficient (Wildman–Crippen LogP) is 5.10. The van der Waals surface area contributed by atoms with Gasteiger partial charge in [0.05, 0.1) is 6.10 Å². The zero-order chi connectivity index (χ0) is 13.0. The highest BCUT2D eigenvalue weighted by Gasteiger charge is 2.16. The lowest BCUT2D eigenvalue weighted by Gasteiger charge is -2.19. The summed E-state index contributed by atoms with van der Waals surface area (Å²) in [6.07, 6.45) is 1.29. The number of benzene rings is 1. The van der Waals surface area contributed by atoms with Gasteiger partial charge in [0.25, 0.3) is 0 Å². The van der Waals surface area contributed by atoms with Gasteiger partial charge in [0.15, 0.2) is 0 Å². The van der Waals surface area contributed by atoms with Gasteiger partial charge in [-0.05, 0) is 42.9 Å². The molecular formula is C14H20Cl2O. The van der Waals surface area contributed by atoms with Crippen molar-refractivity contribution in [3.63, 3.8) is 0 Å². The Morgan fingerprint density at radius 2 is 1.76 bits per heavy atom. The van der Waals surface area contributed by atoms with Crippen molar-refractivity contribution in [2.24, 2.45) is 11.8 Å². The molecule has 2 atom stereocenters. The minimum Gasteiger partial charge on any atom is -0.388 e. The maximum Gasteiger partial charge on any atom is 0.0807 e. The second-order valence-electron chi connectivity index (χ2n) is 5.15. The molecule has 0 aliphatic rings. The zero-order valence-electron chi connectivity index (χ0n) is 10.6. The fourth-order valence-electron chi connectivity index (χ4n) is 2.18. The van der Waals surface area contributed by atoms with E-state index in [0.717, 1.165) is 18.4 Å². The summed E-state index contributed by atoms with van der Waals surface area (Å²) in [6, 6.07) is 5.21. The molecule has 2 unspecified atom stereocenters. The summed E-state index contributed by atoms with van der Waals surface area (Å²) in [6.45, 7) is 6.53. The van der Waals surface area contributed by atoms with E-state index in [1.807, 2.05) is 0 Å². The van der Waals surface area contributed by atoms with Gasteiger partial charge in [0.1, 0.15) is 0 Å². The maximum absolute atomic E-state index is 10.2. The highest BCUT2D eigenvalue weighted by atomic mass is 35.5. The molecule has 0 aliphatic carbocycles. The molecule has 3 heteroatoms. The summed E-state index contributed by atoms with van der Waals surface area (Å²) in [4.78, 5) is 0. The number of rotatable bonds is 5. The van der Waals surface area contributed by atoms with Gasteiger partial charge in [0.2, 0.25) is 0 Å². The third-order valence-electron chi connectivity index (χ3n) is 2.82. The molecule has 0 heterocycles. The Balaban J connectivity index is 2.69. The first kappa shape index (κ1) is 14.8. The number of hydrogen-bond acceptors (Lipinski definition) is 1. The van der Waals surface area contributed by atoms with E-state index < -0.39 is 6.10 Å². The monoisotopic (exact) mass is 274 g/mol. The summed E-state index contributed by atoms with van der Waals surface area (Å²) in [5, 5.41) is 11.4. The van der Waals surface area contributed by atoms with Crippen molar-refractivity contribution in [1.82, 2.24) is 0 Å². The first-order valence-electron chi connectivity index (χ1n) is 6.03. The third-order valence-corrected chi connectivity index (χ3v) is 3.40. The minimum atomic E-state index is -0.532. The van der Waals surface area contributed by atoms with Gasteiger partial charge < -0.3 is 5.11 Å². The second-order valence-corrected chi connectivity index (χ2v) is 6.00. The van der Waals surface area contributed by atoms with Crippen molar-refractivity contribution < 1.29 is 5.11 Å². The Labute approximate surface area is 114 Å². The summed E-state index contributed by atoms with van der Waals surface area (Å²) in [5.74, 6) is 1.12. The molecule has 0 saturated heterocycles. The smallest absolute Gasteiger partial charge is 0.0807 e. The SMILES string of the molecule is CC(C)CC(C)CC(O)c1cc(Cl)ccc1Cl. The Kier molecular flexibility index (Phi) is 5.78. The van der Waals surface area contributed by atoms with Crippen LogP contribution in [0.25, 0.3) is 0 Å². The average molecular weight is 275 g/mol. The fraction of sp³-hybridized carbons (Fsp3) is 0.571. The van der Waals surface area contributed by atoms with Crippen molar-refractivity contribution in [2.45, 2.75) is 39.7 Å². The van der Waals surface area contributed by atoms with Crippen molar-refractivity contribution in [2.75, 3.05) is 0 Å². The van der Waals surface area contributed by atoms with Gasteiger partial charge in [-0.15, -0.1) is 0 Å². The molecule has 1 aromatic carbocycles. The molecule has 1 nitrogen and oxygen atoms in total. The van der Waals surface area contributed by atoms with Crippen LogP contribution in [0, 0.1) is 11.8 Å². The highest BCUT2D eigenvalue weighted by Crippen LogP contribution is 2.31. The van der Waals surface area contributed by atoms with Crippen LogP contribution in [-0.2, 0) is 0 Å². The predicted molar refractivity (Wildman–Crippen MR) is 74.7 cm³/mol. The van der Waals surface area contributed by atoms with Crippen molar-refractivity contribution in [1.29, 1.82) is 0 Å². The lowest BCUT2D eigenvalue weighted by molar-refractivity contribution is 0.142. The lowest BCUT2D eigenvalue weighted by atomic mass is 9.91. The molecular weight excluding hydrogens is 255 g/mol. The van der Waals surface area contributed by atoms with Crippen molar-refractivity contribution >= 4 is 23.2 Å². The molecule has 1 aromatic rings. The van der Waals surface area contributed by atoms with E-state index in [1.165, 1.54) is 0 Å².